The number of amides is 1. The zero-order valence-electron chi connectivity index (χ0n) is 18.0. The second kappa shape index (κ2) is 8.61. The summed E-state index contributed by atoms with van der Waals surface area (Å²) in [5.41, 5.74) is 2.77. The van der Waals surface area contributed by atoms with Gasteiger partial charge in [-0.15, -0.1) is 0 Å². The number of esters is 1. The first-order chi connectivity index (χ1) is 15.6. The topological polar surface area (TPSA) is 68.2 Å². The van der Waals surface area contributed by atoms with E-state index in [0.717, 1.165) is 35.4 Å². The molecule has 6 nitrogen and oxygen atoms in total. The van der Waals surface area contributed by atoms with Gasteiger partial charge >= 0.3 is 5.97 Å². The maximum atomic E-state index is 13.1. The number of methoxy groups -OCH3 is 1. The van der Waals surface area contributed by atoms with Gasteiger partial charge in [-0.25, -0.2) is 5.01 Å². The predicted octanol–water partition coefficient (Wildman–Crippen LogP) is 4.13. The van der Waals surface area contributed by atoms with Gasteiger partial charge in [0.1, 0.15) is 5.75 Å². The first-order valence-electron chi connectivity index (χ1n) is 11.1. The summed E-state index contributed by atoms with van der Waals surface area (Å²) < 4.78 is 10.7. The molecule has 3 aliphatic rings. The van der Waals surface area contributed by atoms with Crippen molar-refractivity contribution in [3.05, 3.63) is 77.9 Å². The van der Waals surface area contributed by atoms with Gasteiger partial charge in [0.05, 0.1) is 24.8 Å². The molecule has 4 unspecified atom stereocenters. The maximum Gasteiger partial charge on any atom is 0.310 e. The number of hydrogen-bond acceptors (Lipinski definition) is 5. The number of hydrogen-bond donors (Lipinski definition) is 0. The van der Waals surface area contributed by atoms with Crippen LogP contribution in [0.1, 0.15) is 36.4 Å². The molecule has 2 aromatic rings. The van der Waals surface area contributed by atoms with Crippen molar-refractivity contribution in [3.63, 3.8) is 0 Å². The number of carbonyl (C=O) groups excluding carboxylic acids is 2. The Bertz CT molecular complexity index is 1060. The number of rotatable bonds is 6. The summed E-state index contributed by atoms with van der Waals surface area (Å²) >= 11 is 0. The fourth-order valence-electron chi connectivity index (χ4n) is 4.99. The highest BCUT2D eigenvalue weighted by Gasteiger charge is 2.41. The Kier molecular flexibility index (Phi) is 5.52. The Hall–Kier alpha value is -3.41. The number of fused-ring (bicyclic) bond motifs is 2. The van der Waals surface area contributed by atoms with E-state index in [1.165, 1.54) is 5.01 Å². The molecule has 4 atom stereocenters. The molecule has 6 heteroatoms. The van der Waals surface area contributed by atoms with Gasteiger partial charge in [-0.3, -0.25) is 9.59 Å². The van der Waals surface area contributed by atoms with Gasteiger partial charge in [0.2, 0.25) is 0 Å². The highest BCUT2D eigenvalue weighted by atomic mass is 16.5. The van der Waals surface area contributed by atoms with Gasteiger partial charge in [0.25, 0.3) is 5.91 Å². The molecule has 164 valence electrons. The maximum absolute atomic E-state index is 13.1. The first-order valence-corrected chi connectivity index (χ1v) is 11.1. The van der Waals surface area contributed by atoms with Crippen molar-refractivity contribution in [2.75, 3.05) is 13.7 Å². The number of carbonyl (C=O) groups is 2. The van der Waals surface area contributed by atoms with Gasteiger partial charge < -0.3 is 9.47 Å². The Morgan fingerprint density at radius 1 is 1.03 bits per heavy atom. The minimum absolute atomic E-state index is 0.128. The molecule has 1 aliphatic heterocycles. The Morgan fingerprint density at radius 2 is 1.81 bits per heavy atom. The highest BCUT2D eigenvalue weighted by molar-refractivity contribution is 6.03. The van der Waals surface area contributed by atoms with Gasteiger partial charge in [-0.1, -0.05) is 54.6 Å². The summed E-state index contributed by atoms with van der Waals surface area (Å²) in [6.45, 7) is -0.297. The summed E-state index contributed by atoms with van der Waals surface area (Å²) in [6, 6.07) is 17.2. The smallest absolute Gasteiger partial charge is 0.310 e. The van der Waals surface area contributed by atoms with Crippen LogP contribution in [0, 0.1) is 17.8 Å². The van der Waals surface area contributed by atoms with Crippen molar-refractivity contribution in [2.45, 2.75) is 25.3 Å². The molecule has 2 aliphatic carbocycles. The molecule has 2 bridgehead atoms. The third-order valence-corrected chi connectivity index (χ3v) is 6.69. The Morgan fingerprint density at radius 3 is 2.47 bits per heavy atom. The summed E-state index contributed by atoms with van der Waals surface area (Å²) in [4.78, 5) is 25.7. The van der Waals surface area contributed by atoms with Crippen LogP contribution in [-0.2, 0) is 14.3 Å². The number of nitrogens with zero attached hydrogens (tertiary/aromatic N) is 2. The average molecular weight is 431 g/mol. The Labute approximate surface area is 187 Å². The van der Waals surface area contributed by atoms with Crippen LogP contribution in [0.15, 0.2) is 71.9 Å². The highest BCUT2D eigenvalue weighted by Crippen LogP contribution is 2.44. The van der Waals surface area contributed by atoms with Crippen LogP contribution in [-0.4, -0.2) is 36.3 Å². The standard InChI is InChI=1S/C26H26N2O4/c1-31-21-11-9-19(10-12-21)24-15-23(18-5-3-2-4-6-18)27-28(24)25(29)16-32-26(30)22-14-17-7-8-20(22)13-17/h2-12,17,20,22,24H,13-16H2,1H3. The fraction of sp³-hybridized carbons (Fsp3) is 0.346. The molecule has 0 aromatic heterocycles. The van der Waals surface area contributed by atoms with Crippen LogP contribution in [0.3, 0.4) is 0 Å². The van der Waals surface area contributed by atoms with Gasteiger partial charge in [0.15, 0.2) is 6.61 Å². The molecule has 1 amide bonds. The quantitative estimate of drug-likeness (QED) is 0.511. The first kappa shape index (κ1) is 20.5. The molecule has 0 radical (unpaired) electrons. The molecule has 5 rings (SSSR count). The van der Waals surface area contributed by atoms with Gasteiger partial charge in [0, 0.05) is 6.42 Å². The lowest BCUT2D eigenvalue weighted by molar-refractivity contribution is -0.156. The van der Waals surface area contributed by atoms with Crippen LogP contribution in [0.25, 0.3) is 0 Å². The average Bonchev–Trinajstić information content (AvgIpc) is 3.59. The van der Waals surface area contributed by atoms with E-state index in [1.807, 2.05) is 54.6 Å². The number of ether oxygens (including phenoxy) is 2. The van der Waals surface area contributed by atoms with Crippen molar-refractivity contribution in [3.8, 4) is 5.75 Å². The second-order valence-corrected chi connectivity index (χ2v) is 8.64. The summed E-state index contributed by atoms with van der Waals surface area (Å²) in [7, 11) is 1.62. The SMILES string of the molecule is COc1ccc(C2CC(c3ccccc3)=NN2C(=O)COC(=O)C2CC3C=CC2C3)cc1. The van der Waals surface area contributed by atoms with Crippen LogP contribution in [0.2, 0.25) is 0 Å². The molecule has 2 aromatic carbocycles. The minimum atomic E-state index is -0.316. The van der Waals surface area contributed by atoms with Gasteiger partial charge in [-0.05, 0) is 47.9 Å². The fourth-order valence-corrected chi connectivity index (χ4v) is 4.99. The number of benzene rings is 2. The van der Waals surface area contributed by atoms with E-state index in [4.69, 9.17) is 9.47 Å². The van der Waals surface area contributed by atoms with E-state index < -0.39 is 0 Å². The molecule has 0 N–H and O–H groups in total. The van der Waals surface area contributed by atoms with E-state index in [9.17, 15) is 9.59 Å². The van der Waals surface area contributed by atoms with Crippen LogP contribution >= 0.6 is 0 Å². The second-order valence-electron chi connectivity index (χ2n) is 8.64. The monoisotopic (exact) mass is 430 g/mol. The van der Waals surface area contributed by atoms with Crippen LogP contribution < -0.4 is 4.74 Å². The lowest BCUT2D eigenvalue weighted by Crippen LogP contribution is -2.33. The third kappa shape index (κ3) is 3.93. The van der Waals surface area contributed by atoms with Crippen molar-refractivity contribution < 1.29 is 19.1 Å². The van der Waals surface area contributed by atoms with Crippen molar-refractivity contribution in [1.82, 2.24) is 5.01 Å². The predicted molar refractivity (Wildman–Crippen MR) is 120 cm³/mol. The lowest BCUT2D eigenvalue weighted by Gasteiger charge is -2.23. The van der Waals surface area contributed by atoms with E-state index in [0.29, 0.717) is 12.3 Å². The Balaban J connectivity index is 1.32. The zero-order chi connectivity index (χ0) is 22.1. The third-order valence-electron chi connectivity index (χ3n) is 6.69. The van der Waals surface area contributed by atoms with Crippen molar-refractivity contribution >= 4 is 17.6 Å². The summed E-state index contributed by atoms with van der Waals surface area (Å²) in [5.74, 6) is 0.764. The largest absolute Gasteiger partial charge is 0.497 e. The van der Waals surface area contributed by atoms with E-state index >= 15 is 0 Å². The molecule has 1 fully saturated rings. The molecule has 0 saturated heterocycles. The number of allylic oxidation sites excluding steroid dienone is 2. The normalized spacial score (nSPS) is 25.7. The summed E-state index contributed by atoms with van der Waals surface area (Å²) in [5, 5.41) is 6.11. The number of hydrazone groups is 1. The van der Waals surface area contributed by atoms with Crippen molar-refractivity contribution in [2.24, 2.45) is 22.9 Å². The molecule has 1 saturated carbocycles. The molecule has 32 heavy (non-hydrogen) atoms. The summed E-state index contributed by atoms with van der Waals surface area (Å²) in [6.07, 6.45) is 6.72. The van der Waals surface area contributed by atoms with Crippen LogP contribution in [0.5, 0.6) is 5.75 Å². The molecule has 1 heterocycles. The van der Waals surface area contributed by atoms with Crippen molar-refractivity contribution in [1.29, 1.82) is 0 Å². The van der Waals surface area contributed by atoms with Gasteiger partial charge in [-0.2, -0.15) is 5.10 Å². The van der Waals surface area contributed by atoms with E-state index in [2.05, 4.69) is 17.3 Å². The van der Waals surface area contributed by atoms with Crippen LogP contribution in [0.4, 0.5) is 0 Å². The van der Waals surface area contributed by atoms with E-state index in [1.54, 1.807) is 7.11 Å². The van der Waals surface area contributed by atoms with E-state index in [-0.39, 0.29) is 36.4 Å². The molecular weight excluding hydrogens is 404 g/mol. The molecule has 0 spiro atoms. The minimum Gasteiger partial charge on any atom is -0.497 e. The molecular formula is C26H26N2O4. The lowest BCUT2D eigenvalue weighted by atomic mass is 9.94. The zero-order valence-corrected chi connectivity index (χ0v) is 18.0.